The van der Waals surface area contributed by atoms with Crippen LogP contribution >= 0.6 is 0 Å². The summed E-state index contributed by atoms with van der Waals surface area (Å²) in [5.41, 5.74) is 2.15. The lowest BCUT2D eigenvalue weighted by Crippen LogP contribution is -2.06. The first-order valence-corrected chi connectivity index (χ1v) is 6.57. The van der Waals surface area contributed by atoms with Crippen LogP contribution in [0.3, 0.4) is 0 Å². The van der Waals surface area contributed by atoms with Crippen LogP contribution in [0.1, 0.15) is 49.5 Å². The van der Waals surface area contributed by atoms with Crippen molar-refractivity contribution in [2.45, 2.75) is 33.6 Å². The Morgan fingerprint density at radius 2 is 1.50 bits per heavy atom. The van der Waals surface area contributed by atoms with Crippen molar-refractivity contribution in [2.24, 2.45) is 5.92 Å². The van der Waals surface area contributed by atoms with E-state index in [9.17, 15) is 4.79 Å². The highest BCUT2D eigenvalue weighted by atomic mass is 16.1. The molecule has 2 aromatic carbocycles. The highest BCUT2D eigenvalue weighted by Gasteiger charge is 2.10. The van der Waals surface area contributed by atoms with Gasteiger partial charge in [-0.2, -0.15) is 0 Å². The fourth-order valence-corrected chi connectivity index (χ4v) is 2.11. The Balaban J connectivity index is 2.47. The average molecular weight is 240 g/mol. The van der Waals surface area contributed by atoms with Crippen molar-refractivity contribution < 1.29 is 4.79 Å². The molecular formula is C17H20O. The summed E-state index contributed by atoms with van der Waals surface area (Å²) >= 11 is 0. The predicted octanol–water partition coefficient (Wildman–Crippen LogP) is 4.80. The summed E-state index contributed by atoms with van der Waals surface area (Å²) in [7, 11) is 0. The fraction of sp³-hybridized carbons (Fsp3) is 0.353. The minimum absolute atomic E-state index is 0.0531. The zero-order valence-corrected chi connectivity index (χ0v) is 11.5. The molecule has 0 unspecified atom stereocenters. The molecule has 0 aliphatic rings. The number of hydrogen-bond acceptors (Lipinski definition) is 1. The van der Waals surface area contributed by atoms with E-state index in [4.69, 9.17) is 0 Å². The van der Waals surface area contributed by atoms with E-state index in [1.54, 1.807) is 0 Å². The molecule has 0 aliphatic heterocycles. The second kappa shape index (κ2) is 4.93. The lowest BCUT2D eigenvalue weighted by atomic mass is 9.95. The van der Waals surface area contributed by atoms with Gasteiger partial charge in [-0.3, -0.25) is 4.79 Å². The molecule has 0 N–H and O–H groups in total. The molecular weight excluding hydrogens is 220 g/mol. The number of carbonyl (C=O) groups excluding carboxylic acids is 1. The van der Waals surface area contributed by atoms with Crippen molar-refractivity contribution in [3.63, 3.8) is 0 Å². The van der Waals surface area contributed by atoms with Crippen LogP contribution in [0.5, 0.6) is 0 Å². The summed E-state index contributed by atoms with van der Waals surface area (Å²) in [5.74, 6) is 0.800. The van der Waals surface area contributed by atoms with Crippen molar-refractivity contribution in [1.82, 2.24) is 0 Å². The molecule has 0 amide bonds. The van der Waals surface area contributed by atoms with Gasteiger partial charge in [-0.25, -0.2) is 0 Å². The Morgan fingerprint density at radius 3 is 2.11 bits per heavy atom. The third-order valence-electron chi connectivity index (χ3n) is 3.34. The highest BCUT2D eigenvalue weighted by molar-refractivity contribution is 6.01. The standard InChI is InChI=1S/C17H20O/c1-11(2)13-5-6-15-10-16(17(18)12(3)4)8-7-14(15)9-13/h5-12H,1-4H3. The van der Waals surface area contributed by atoms with E-state index in [2.05, 4.69) is 38.1 Å². The number of benzene rings is 2. The Kier molecular flexibility index (Phi) is 3.51. The predicted molar refractivity (Wildman–Crippen MR) is 77.2 cm³/mol. The van der Waals surface area contributed by atoms with Gasteiger partial charge < -0.3 is 0 Å². The highest BCUT2D eigenvalue weighted by Crippen LogP contribution is 2.23. The molecule has 0 saturated carbocycles. The molecule has 0 saturated heterocycles. The number of Topliss-reactive ketones (excluding diaryl/α,β-unsaturated/α-hetero) is 1. The van der Waals surface area contributed by atoms with Crippen LogP contribution < -0.4 is 0 Å². The summed E-state index contributed by atoms with van der Waals surface area (Å²) in [6.07, 6.45) is 0. The molecule has 0 spiro atoms. The maximum atomic E-state index is 12.0. The molecule has 94 valence electrons. The molecule has 0 bridgehead atoms. The van der Waals surface area contributed by atoms with Crippen molar-refractivity contribution in [1.29, 1.82) is 0 Å². The van der Waals surface area contributed by atoms with Gasteiger partial charge in [-0.1, -0.05) is 58.0 Å². The van der Waals surface area contributed by atoms with Crippen LogP contribution in [0.15, 0.2) is 36.4 Å². The van der Waals surface area contributed by atoms with Crippen LogP contribution in [0.2, 0.25) is 0 Å². The van der Waals surface area contributed by atoms with Crippen molar-refractivity contribution >= 4 is 16.6 Å². The first-order chi connectivity index (χ1) is 8.49. The van der Waals surface area contributed by atoms with Crippen LogP contribution in [0.4, 0.5) is 0 Å². The summed E-state index contributed by atoms with van der Waals surface area (Å²) in [6.45, 7) is 8.26. The third kappa shape index (κ3) is 2.45. The first kappa shape index (κ1) is 12.8. The normalized spacial score (nSPS) is 11.4. The Labute approximate surface area is 109 Å². The lowest BCUT2D eigenvalue weighted by Gasteiger charge is -2.09. The summed E-state index contributed by atoms with van der Waals surface area (Å²) in [5, 5.41) is 2.35. The van der Waals surface area contributed by atoms with Crippen molar-refractivity contribution in [2.75, 3.05) is 0 Å². The summed E-state index contributed by atoms with van der Waals surface area (Å²) in [6, 6.07) is 12.5. The lowest BCUT2D eigenvalue weighted by molar-refractivity contribution is 0.0939. The molecule has 0 fully saturated rings. The van der Waals surface area contributed by atoms with E-state index in [1.807, 2.05) is 26.0 Å². The fourth-order valence-electron chi connectivity index (χ4n) is 2.11. The maximum Gasteiger partial charge on any atom is 0.165 e. The van der Waals surface area contributed by atoms with Crippen LogP contribution in [-0.2, 0) is 0 Å². The molecule has 2 aromatic rings. The topological polar surface area (TPSA) is 17.1 Å². The molecule has 1 nitrogen and oxygen atoms in total. The number of hydrogen-bond donors (Lipinski definition) is 0. The quantitative estimate of drug-likeness (QED) is 0.704. The minimum atomic E-state index is 0.0531. The monoisotopic (exact) mass is 240 g/mol. The van der Waals surface area contributed by atoms with Crippen LogP contribution in [0.25, 0.3) is 10.8 Å². The van der Waals surface area contributed by atoms with Gasteiger partial charge in [0.15, 0.2) is 5.78 Å². The molecule has 0 atom stereocenters. The van der Waals surface area contributed by atoms with E-state index < -0.39 is 0 Å². The van der Waals surface area contributed by atoms with E-state index in [-0.39, 0.29) is 11.7 Å². The zero-order valence-electron chi connectivity index (χ0n) is 11.5. The Morgan fingerprint density at radius 1 is 0.889 bits per heavy atom. The molecule has 0 aromatic heterocycles. The van der Waals surface area contributed by atoms with Gasteiger partial charge in [-0.05, 0) is 28.3 Å². The molecule has 2 rings (SSSR count). The second-order valence-corrected chi connectivity index (χ2v) is 5.50. The first-order valence-electron chi connectivity index (χ1n) is 6.57. The summed E-state index contributed by atoms with van der Waals surface area (Å²) < 4.78 is 0. The zero-order chi connectivity index (χ0) is 13.3. The molecule has 1 heteroatoms. The third-order valence-corrected chi connectivity index (χ3v) is 3.34. The van der Waals surface area contributed by atoms with Gasteiger partial charge in [0.1, 0.15) is 0 Å². The van der Waals surface area contributed by atoms with Crippen molar-refractivity contribution in [3.05, 3.63) is 47.5 Å². The Hall–Kier alpha value is -1.63. The van der Waals surface area contributed by atoms with E-state index in [0.717, 1.165) is 10.9 Å². The molecule has 0 heterocycles. The largest absolute Gasteiger partial charge is 0.294 e. The molecule has 18 heavy (non-hydrogen) atoms. The minimum Gasteiger partial charge on any atom is -0.294 e. The van der Waals surface area contributed by atoms with E-state index >= 15 is 0 Å². The average Bonchev–Trinajstić information content (AvgIpc) is 2.36. The van der Waals surface area contributed by atoms with Crippen molar-refractivity contribution in [3.8, 4) is 0 Å². The van der Waals surface area contributed by atoms with Gasteiger partial charge in [0, 0.05) is 11.5 Å². The van der Waals surface area contributed by atoms with Crippen LogP contribution in [-0.4, -0.2) is 5.78 Å². The van der Waals surface area contributed by atoms with Gasteiger partial charge in [-0.15, -0.1) is 0 Å². The van der Waals surface area contributed by atoms with Gasteiger partial charge in [0.25, 0.3) is 0 Å². The number of rotatable bonds is 3. The number of carbonyl (C=O) groups is 1. The molecule has 0 radical (unpaired) electrons. The van der Waals surface area contributed by atoms with Gasteiger partial charge in [0.2, 0.25) is 0 Å². The maximum absolute atomic E-state index is 12.0. The summed E-state index contributed by atoms with van der Waals surface area (Å²) in [4.78, 5) is 12.0. The number of fused-ring (bicyclic) bond motifs is 1. The molecule has 0 aliphatic carbocycles. The SMILES string of the molecule is CC(C)C(=O)c1ccc2cc(C(C)C)ccc2c1. The smallest absolute Gasteiger partial charge is 0.165 e. The van der Waals surface area contributed by atoms with Gasteiger partial charge in [0.05, 0.1) is 0 Å². The number of ketones is 1. The van der Waals surface area contributed by atoms with E-state index in [1.165, 1.54) is 10.9 Å². The van der Waals surface area contributed by atoms with Crippen LogP contribution in [0, 0.1) is 5.92 Å². The second-order valence-electron chi connectivity index (χ2n) is 5.50. The van der Waals surface area contributed by atoms with Gasteiger partial charge >= 0.3 is 0 Å². The van der Waals surface area contributed by atoms with E-state index in [0.29, 0.717) is 5.92 Å². The Bertz CT molecular complexity index is 579.